The van der Waals surface area contributed by atoms with Gasteiger partial charge in [0.15, 0.2) is 0 Å². The second-order valence-corrected chi connectivity index (χ2v) is 9.09. The second kappa shape index (κ2) is 8.53. The van der Waals surface area contributed by atoms with E-state index in [1.54, 1.807) is 17.0 Å². The number of carbonyl (C=O) groups is 1. The van der Waals surface area contributed by atoms with Gasteiger partial charge in [-0.15, -0.1) is 0 Å². The first-order valence-corrected chi connectivity index (χ1v) is 11.3. The SMILES string of the molecule is CCc1cccc2c(/C=C3\SC(=S)N(CC)C3=O)cn(Cc3c(F)cccc3Cl)c12. The van der Waals surface area contributed by atoms with Gasteiger partial charge in [0.2, 0.25) is 0 Å². The molecule has 1 aliphatic heterocycles. The maximum atomic E-state index is 14.5. The van der Waals surface area contributed by atoms with Crippen LogP contribution in [0.4, 0.5) is 4.39 Å². The lowest BCUT2D eigenvalue weighted by atomic mass is 10.1. The van der Waals surface area contributed by atoms with Crippen LogP contribution >= 0.6 is 35.6 Å². The Morgan fingerprint density at radius 1 is 1.20 bits per heavy atom. The van der Waals surface area contributed by atoms with Gasteiger partial charge in [0.05, 0.1) is 17.0 Å². The number of likely N-dealkylation sites (N-methyl/N-ethyl adjacent to an activating group) is 1. The van der Waals surface area contributed by atoms with Crippen molar-refractivity contribution < 1.29 is 9.18 Å². The molecular formula is C23H20ClFN2OS2. The molecule has 0 aliphatic carbocycles. The van der Waals surface area contributed by atoms with E-state index in [-0.39, 0.29) is 11.7 Å². The van der Waals surface area contributed by atoms with Gasteiger partial charge in [0.25, 0.3) is 5.91 Å². The van der Waals surface area contributed by atoms with Crippen LogP contribution in [0.1, 0.15) is 30.5 Å². The average molecular weight is 459 g/mol. The van der Waals surface area contributed by atoms with Crippen molar-refractivity contribution in [1.29, 1.82) is 0 Å². The zero-order valence-corrected chi connectivity index (χ0v) is 19.0. The number of hydrogen-bond acceptors (Lipinski definition) is 3. The Morgan fingerprint density at radius 2 is 1.97 bits per heavy atom. The van der Waals surface area contributed by atoms with Crippen molar-refractivity contribution in [2.75, 3.05) is 6.54 Å². The van der Waals surface area contributed by atoms with E-state index in [9.17, 15) is 9.18 Å². The van der Waals surface area contributed by atoms with E-state index in [2.05, 4.69) is 13.0 Å². The molecule has 1 saturated heterocycles. The number of fused-ring (bicyclic) bond motifs is 1. The second-order valence-electron chi connectivity index (χ2n) is 7.01. The van der Waals surface area contributed by atoms with Crippen molar-refractivity contribution >= 4 is 62.8 Å². The number of nitrogens with zero attached hydrogens (tertiary/aromatic N) is 2. The predicted octanol–water partition coefficient (Wildman–Crippen LogP) is 6.27. The summed E-state index contributed by atoms with van der Waals surface area (Å²) >= 11 is 12.9. The number of halogens is 2. The van der Waals surface area contributed by atoms with Crippen LogP contribution in [-0.4, -0.2) is 26.2 Å². The number of thiocarbonyl (C=S) groups is 1. The minimum absolute atomic E-state index is 0.0720. The molecule has 0 bridgehead atoms. The first-order valence-electron chi connectivity index (χ1n) is 9.73. The highest BCUT2D eigenvalue weighted by molar-refractivity contribution is 8.26. The number of thioether (sulfide) groups is 1. The molecule has 1 aromatic heterocycles. The summed E-state index contributed by atoms with van der Waals surface area (Å²) in [7, 11) is 0. The van der Waals surface area contributed by atoms with E-state index in [1.807, 2.05) is 35.9 Å². The van der Waals surface area contributed by atoms with Crippen LogP contribution in [0.2, 0.25) is 5.02 Å². The number of benzene rings is 2. The lowest BCUT2D eigenvalue weighted by molar-refractivity contribution is -0.121. The Morgan fingerprint density at radius 3 is 2.63 bits per heavy atom. The molecule has 30 heavy (non-hydrogen) atoms. The molecule has 154 valence electrons. The van der Waals surface area contributed by atoms with Crippen molar-refractivity contribution in [2.45, 2.75) is 26.8 Å². The molecule has 0 N–H and O–H groups in total. The summed E-state index contributed by atoms with van der Waals surface area (Å²) < 4.78 is 17.0. The maximum absolute atomic E-state index is 14.5. The molecule has 2 aromatic carbocycles. The fraction of sp³-hybridized carbons (Fsp3) is 0.217. The summed E-state index contributed by atoms with van der Waals surface area (Å²) in [6.45, 7) is 4.86. The van der Waals surface area contributed by atoms with Gasteiger partial charge < -0.3 is 4.57 Å². The molecule has 1 aliphatic rings. The third kappa shape index (κ3) is 3.68. The number of aryl methyl sites for hydroxylation is 1. The van der Waals surface area contributed by atoms with Crippen LogP contribution in [0.5, 0.6) is 0 Å². The van der Waals surface area contributed by atoms with E-state index < -0.39 is 0 Å². The van der Waals surface area contributed by atoms with Gasteiger partial charge in [-0.3, -0.25) is 9.69 Å². The highest BCUT2D eigenvalue weighted by Crippen LogP contribution is 2.35. The molecular weight excluding hydrogens is 439 g/mol. The first kappa shape index (κ1) is 21.1. The van der Waals surface area contributed by atoms with Crippen molar-refractivity contribution in [1.82, 2.24) is 9.47 Å². The monoisotopic (exact) mass is 458 g/mol. The van der Waals surface area contributed by atoms with Gasteiger partial charge in [-0.25, -0.2) is 4.39 Å². The summed E-state index contributed by atoms with van der Waals surface area (Å²) in [5.41, 5.74) is 3.53. The van der Waals surface area contributed by atoms with E-state index >= 15 is 0 Å². The highest BCUT2D eigenvalue weighted by atomic mass is 35.5. The molecule has 0 radical (unpaired) electrons. The van der Waals surface area contributed by atoms with Crippen LogP contribution in [0.3, 0.4) is 0 Å². The van der Waals surface area contributed by atoms with Crippen LogP contribution < -0.4 is 0 Å². The van der Waals surface area contributed by atoms with Crippen molar-refractivity contribution in [3.8, 4) is 0 Å². The highest BCUT2D eigenvalue weighted by Gasteiger charge is 2.31. The van der Waals surface area contributed by atoms with Crippen molar-refractivity contribution in [3.63, 3.8) is 0 Å². The summed E-state index contributed by atoms with van der Waals surface area (Å²) in [5.74, 6) is -0.402. The number of rotatable bonds is 5. The number of amides is 1. The van der Waals surface area contributed by atoms with E-state index in [0.717, 1.165) is 28.5 Å². The number of hydrogen-bond donors (Lipinski definition) is 0. The lowest BCUT2D eigenvalue weighted by Gasteiger charge is -2.11. The van der Waals surface area contributed by atoms with Gasteiger partial charge in [-0.2, -0.15) is 0 Å². The normalized spacial score (nSPS) is 15.7. The van der Waals surface area contributed by atoms with Crippen molar-refractivity contribution in [3.05, 3.63) is 75.0 Å². The van der Waals surface area contributed by atoms with Crippen LogP contribution in [0.25, 0.3) is 17.0 Å². The largest absolute Gasteiger partial charge is 0.342 e. The molecule has 2 heterocycles. The van der Waals surface area contributed by atoms with Gasteiger partial charge in [-0.1, -0.05) is 66.8 Å². The van der Waals surface area contributed by atoms with Crippen molar-refractivity contribution in [2.24, 2.45) is 0 Å². The maximum Gasteiger partial charge on any atom is 0.266 e. The molecule has 7 heteroatoms. The van der Waals surface area contributed by atoms with E-state index in [0.29, 0.717) is 32.9 Å². The molecule has 1 amide bonds. The quantitative estimate of drug-likeness (QED) is 0.333. The fourth-order valence-electron chi connectivity index (χ4n) is 3.76. The minimum Gasteiger partial charge on any atom is -0.342 e. The standard InChI is InChI=1S/C23H20ClFN2OS2/c1-3-14-7-5-8-16-15(11-20-22(28)27(4-2)23(29)30-20)12-26(21(14)16)13-17-18(24)9-6-10-19(17)25/h5-12H,3-4,13H2,1-2H3/b20-11-. The van der Waals surface area contributed by atoms with Crippen LogP contribution in [0.15, 0.2) is 47.5 Å². The van der Waals surface area contributed by atoms with Gasteiger partial charge in [0, 0.05) is 34.3 Å². The molecule has 0 unspecified atom stereocenters. The summed E-state index contributed by atoms with van der Waals surface area (Å²) in [6, 6.07) is 10.8. The number of aromatic nitrogens is 1. The Hall–Kier alpha value is -2.15. The van der Waals surface area contributed by atoms with Gasteiger partial charge in [0.1, 0.15) is 10.1 Å². The average Bonchev–Trinajstić information content (AvgIpc) is 3.21. The van der Waals surface area contributed by atoms with Crippen LogP contribution in [-0.2, 0) is 17.8 Å². The van der Waals surface area contributed by atoms with E-state index in [4.69, 9.17) is 23.8 Å². The number of para-hydroxylation sites is 1. The molecule has 0 atom stereocenters. The van der Waals surface area contributed by atoms with Crippen LogP contribution in [0, 0.1) is 5.82 Å². The van der Waals surface area contributed by atoms with Gasteiger partial charge in [-0.05, 0) is 37.1 Å². The Balaban J connectivity index is 1.86. The Bertz CT molecular complexity index is 1180. The molecule has 3 nitrogen and oxygen atoms in total. The minimum atomic E-state index is -0.330. The van der Waals surface area contributed by atoms with E-state index in [1.165, 1.54) is 17.8 Å². The predicted molar refractivity (Wildman–Crippen MR) is 127 cm³/mol. The smallest absolute Gasteiger partial charge is 0.266 e. The third-order valence-electron chi connectivity index (χ3n) is 5.26. The lowest BCUT2D eigenvalue weighted by Crippen LogP contribution is -2.27. The fourth-order valence-corrected chi connectivity index (χ4v) is 5.36. The summed E-state index contributed by atoms with van der Waals surface area (Å²) in [5, 5.41) is 1.42. The molecule has 3 aromatic rings. The Kier molecular flexibility index (Phi) is 6.00. The number of carbonyl (C=O) groups excluding carboxylic acids is 1. The zero-order chi connectivity index (χ0) is 21.4. The Labute approximate surface area is 189 Å². The van der Waals surface area contributed by atoms with Gasteiger partial charge >= 0.3 is 0 Å². The third-order valence-corrected chi connectivity index (χ3v) is 6.99. The molecule has 4 rings (SSSR count). The molecule has 0 spiro atoms. The first-order chi connectivity index (χ1) is 14.4. The topological polar surface area (TPSA) is 25.2 Å². The summed E-state index contributed by atoms with van der Waals surface area (Å²) in [6.07, 6.45) is 4.69. The molecule has 0 saturated carbocycles. The molecule has 1 fully saturated rings. The summed E-state index contributed by atoms with van der Waals surface area (Å²) in [4.78, 5) is 14.9. The zero-order valence-electron chi connectivity index (χ0n) is 16.6.